The topological polar surface area (TPSA) is 93.9 Å². The zero-order valence-corrected chi connectivity index (χ0v) is 21.3. The zero-order chi connectivity index (χ0) is 27.6. The summed E-state index contributed by atoms with van der Waals surface area (Å²) < 4.78 is 87.9. The molecule has 3 aromatic rings. The second-order valence-electron chi connectivity index (χ2n) is 8.85. The van der Waals surface area contributed by atoms with Gasteiger partial charge in [-0.2, -0.15) is 18.3 Å². The lowest BCUT2D eigenvalue weighted by Crippen LogP contribution is -2.27. The first-order valence-corrected chi connectivity index (χ1v) is 12.7. The van der Waals surface area contributed by atoms with Crippen LogP contribution in [0.2, 0.25) is 0 Å². The molecule has 1 heterocycles. The number of carbonyl (C=O) groups excluding carboxylic acids is 1. The number of aromatic nitrogens is 2. The van der Waals surface area contributed by atoms with Gasteiger partial charge in [-0.05, 0) is 55.4 Å². The van der Waals surface area contributed by atoms with Crippen LogP contribution in [0.25, 0.3) is 5.69 Å². The minimum atomic E-state index is -4.15. The molecule has 0 saturated heterocycles. The number of nitrogens with zero attached hydrogens (tertiary/aromatic N) is 3. The molecule has 38 heavy (non-hydrogen) atoms. The number of carbonyl (C=O) groups is 1. The standard InChI is InChI=1S/C25H25F4N3O5S/c1-36-23-11-20(24(33)37-2)21(26)12-22(23)32(38(34)35)19-13-30-31(14-19)18-9-5-16(6-10-18)15-3-7-17(8-4-15)25(27,28)29/h5-6,9-15,17H,3-4,7-8H2,1-2H3,(H,34,35). The minimum absolute atomic E-state index is 0.0402. The SMILES string of the molecule is COC(=O)c1cc(OC)c(N(c2cnn(-c3ccc(C4CCC(C(F)(F)F)CC4)cc3)c2)S(=O)O)cc1F. The Labute approximate surface area is 218 Å². The molecule has 0 amide bonds. The summed E-state index contributed by atoms with van der Waals surface area (Å²) in [6.45, 7) is 0. The third kappa shape index (κ3) is 5.68. The van der Waals surface area contributed by atoms with Gasteiger partial charge in [-0.15, -0.1) is 0 Å². The minimum Gasteiger partial charge on any atom is -0.495 e. The Bertz CT molecular complexity index is 1320. The van der Waals surface area contributed by atoms with E-state index in [2.05, 4.69) is 9.84 Å². The average Bonchev–Trinajstić information content (AvgIpc) is 3.37. The van der Waals surface area contributed by atoms with Crippen molar-refractivity contribution in [3.05, 3.63) is 65.7 Å². The lowest BCUT2D eigenvalue weighted by molar-refractivity contribution is -0.182. The van der Waals surface area contributed by atoms with Crippen molar-refractivity contribution in [3.8, 4) is 11.4 Å². The molecule has 2 aromatic carbocycles. The van der Waals surface area contributed by atoms with Gasteiger partial charge in [-0.25, -0.2) is 22.4 Å². The first kappa shape index (κ1) is 27.6. The van der Waals surface area contributed by atoms with Crippen molar-refractivity contribution in [2.75, 3.05) is 18.5 Å². The van der Waals surface area contributed by atoms with Gasteiger partial charge in [0.05, 0.1) is 49.5 Å². The van der Waals surface area contributed by atoms with Crippen LogP contribution in [-0.4, -0.2) is 44.9 Å². The fourth-order valence-electron chi connectivity index (χ4n) is 4.66. The molecular weight excluding hydrogens is 530 g/mol. The van der Waals surface area contributed by atoms with Crippen LogP contribution in [0.15, 0.2) is 48.8 Å². The molecule has 1 N–H and O–H groups in total. The molecule has 0 spiro atoms. The van der Waals surface area contributed by atoms with E-state index in [9.17, 15) is 31.1 Å². The molecule has 1 fully saturated rings. The molecule has 204 valence electrons. The molecule has 1 aliphatic carbocycles. The molecule has 8 nitrogen and oxygen atoms in total. The molecule has 1 saturated carbocycles. The number of anilines is 2. The van der Waals surface area contributed by atoms with Crippen LogP contribution in [-0.2, 0) is 16.0 Å². The van der Waals surface area contributed by atoms with E-state index < -0.39 is 40.7 Å². The fourth-order valence-corrected chi connectivity index (χ4v) is 5.24. The molecule has 4 rings (SSSR count). The molecule has 0 bridgehead atoms. The smallest absolute Gasteiger partial charge is 0.391 e. The maximum absolute atomic E-state index is 14.6. The Hall–Kier alpha value is -3.45. The predicted octanol–water partition coefficient (Wildman–Crippen LogP) is 5.92. The Morgan fingerprint density at radius 1 is 1.13 bits per heavy atom. The summed E-state index contributed by atoms with van der Waals surface area (Å²) in [7, 11) is 2.35. The van der Waals surface area contributed by atoms with Crippen LogP contribution in [0.4, 0.5) is 28.9 Å². The average molecular weight is 556 g/mol. The number of benzene rings is 2. The number of halogens is 4. The van der Waals surface area contributed by atoms with Gasteiger partial charge >= 0.3 is 12.1 Å². The van der Waals surface area contributed by atoms with Gasteiger partial charge < -0.3 is 9.47 Å². The Morgan fingerprint density at radius 2 is 1.79 bits per heavy atom. The third-order valence-corrected chi connectivity index (χ3v) is 7.39. The van der Waals surface area contributed by atoms with Crippen molar-refractivity contribution < 1.29 is 40.6 Å². The molecule has 1 atom stereocenters. The highest BCUT2D eigenvalue weighted by atomic mass is 32.2. The van der Waals surface area contributed by atoms with Gasteiger partial charge in [0.1, 0.15) is 17.3 Å². The number of esters is 1. The number of methoxy groups -OCH3 is 2. The summed E-state index contributed by atoms with van der Waals surface area (Å²) in [4.78, 5) is 11.8. The number of alkyl halides is 3. The van der Waals surface area contributed by atoms with E-state index in [0.717, 1.165) is 29.1 Å². The highest BCUT2D eigenvalue weighted by molar-refractivity contribution is 7.81. The molecule has 1 unspecified atom stereocenters. The van der Waals surface area contributed by atoms with Gasteiger partial charge in [0.15, 0.2) is 0 Å². The van der Waals surface area contributed by atoms with E-state index in [0.29, 0.717) is 18.5 Å². The molecule has 1 aliphatic rings. The quantitative estimate of drug-likeness (QED) is 0.221. The summed E-state index contributed by atoms with van der Waals surface area (Å²) in [5.74, 6) is -3.17. The summed E-state index contributed by atoms with van der Waals surface area (Å²) in [5.41, 5.74) is 1.14. The van der Waals surface area contributed by atoms with E-state index >= 15 is 0 Å². The normalized spacial score (nSPS) is 18.6. The number of hydrogen-bond donors (Lipinski definition) is 1. The van der Waals surface area contributed by atoms with Crippen molar-refractivity contribution in [1.29, 1.82) is 0 Å². The summed E-state index contributed by atoms with van der Waals surface area (Å²) >= 11 is -2.67. The summed E-state index contributed by atoms with van der Waals surface area (Å²) in [6.07, 6.45) is -0.276. The number of rotatable bonds is 7. The molecule has 0 aliphatic heterocycles. The zero-order valence-electron chi connectivity index (χ0n) is 20.4. The van der Waals surface area contributed by atoms with Crippen molar-refractivity contribution in [2.24, 2.45) is 5.92 Å². The first-order chi connectivity index (χ1) is 18.0. The van der Waals surface area contributed by atoms with Crippen LogP contribution in [0, 0.1) is 11.7 Å². The van der Waals surface area contributed by atoms with Crippen molar-refractivity contribution in [2.45, 2.75) is 37.8 Å². The molecule has 0 radical (unpaired) electrons. The number of ether oxygens (including phenoxy) is 2. The largest absolute Gasteiger partial charge is 0.495 e. The van der Waals surface area contributed by atoms with Crippen LogP contribution in [0.1, 0.15) is 47.5 Å². The second-order valence-corrected chi connectivity index (χ2v) is 9.67. The highest BCUT2D eigenvalue weighted by Gasteiger charge is 2.41. The monoisotopic (exact) mass is 555 g/mol. The van der Waals surface area contributed by atoms with Gasteiger partial charge in [0.2, 0.25) is 0 Å². The summed E-state index contributed by atoms with van der Waals surface area (Å²) in [5, 5.41) is 4.23. The van der Waals surface area contributed by atoms with Gasteiger partial charge in [-0.3, -0.25) is 4.55 Å². The highest BCUT2D eigenvalue weighted by Crippen LogP contribution is 2.43. The predicted molar refractivity (Wildman–Crippen MR) is 132 cm³/mol. The van der Waals surface area contributed by atoms with E-state index in [1.54, 1.807) is 12.1 Å². The molecule has 13 heteroatoms. The maximum Gasteiger partial charge on any atom is 0.391 e. The third-order valence-electron chi connectivity index (χ3n) is 6.67. The van der Waals surface area contributed by atoms with Crippen molar-refractivity contribution in [1.82, 2.24) is 9.78 Å². The van der Waals surface area contributed by atoms with Crippen LogP contribution in [0.3, 0.4) is 0 Å². The van der Waals surface area contributed by atoms with Gasteiger partial charge in [-0.1, -0.05) is 12.1 Å². The first-order valence-electron chi connectivity index (χ1n) is 11.6. The molecular formula is C25H25F4N3O5S. The van der Waals surface area contributed by atoms with Crippen LogP contribution in [0.5, 0.6) is 5.75 Å². The van der Waals surface area contributed by atoms with Gasteiger partial charge in [0.25, 0.3) is 11.3 Å². The molecule has 1 aromatic heterocycles. The van der Waals surface area contributed by atoms with E-state index in [-0.39, 0.29) is 35.9 Å². The van der Waals surface area contributed by atoms with Crippen LogP contribution >= 0.6 is 0 Å². The van der Waals surface area contributed by atoms with Crippen LogP contribution < -0.4 is 9.04 Å². The Morgan fingerprint density at radius 3 is 2.34 bits per heavy atom. The second kappa shape index (κ2) is 11.1. The van der Waals surface area contributed by atoms with E-state index in [1.165, 1.54) is 24.2 Å². The summed E-state index contributed by atoms with van der Waals surface area (Å²) in [6, 6.07) is 9.14. The van der Waals surface area contributed by atoms with Crippen molar-refractivity contribution in [3.63, 3.8) is 0 Å². The van der Waals surface area contributed by atoms with E-state index in [4.69, 9.17) is 4.74 Å². The Kier molecular flexibility index (Phi) is 8.07. The number of hydrogen-bond acceptors (Lipinski definition) is 5. The lowest BCUT2D eigenvalue weighted by atomic mass is 9.78. The fraction of sp³-hybridized carbons (Fsp3) is 0.360. The van der Waals surface area contributed by atoms with E-state index in [1.807, 2.05) is 12.1 Å². The Balaban J connectivity index is 1.57. The lowest BCUT2D eigenvalue weighted by Gasteiger charge is -2.30. The van der Waals surface area contributed by atoms with Crippen molar-refractivity contribution >= 4 is 28.6 Å². The maximum atomic E-state index is 14.6. The van der Waals surface area contributed by atoms with Gasteiger partial charge in [0, 0.05) is 6.07 Å².